The zero-order valence-corrected chi connectivity index (χ0v) is 19.0. The van der Waals surface area contributed by atoms with Crippen LogP contribution >= 0.6 is 0 Å². The van der Waals surface area contributed by atoms with E-state index in [1.54, 1.807) is 0 Å². The first-order valence-corrected chi connectivity index (χ1v) is 11.6. The summed E-state index contributed by atoms with van der Waals surface area (Å²) in [4.78, 5) is 11.5. The second-order valence-electron chi connectivity index (χ2n) is 7.68. The minimum absolute atomic E-state index is 0.295. The summed E-state index contributed by atoms with van der Waals surface area (Å²) in [6, 6.07) is 8.77. The maximum absolute atomic E-state index is 11.5. The molecule has 0 spiro atoms. The van der Waals surface area contributed by atoms with Gasteiger partial charge >= 0.3 is 5.97 Å². The van der Waals surface area contributed by atoms with Gasteiger partial charge in [-0.1, -0.05) is 80.5 Å². The van der Waals surface area contributed by atoms with Crippen molar-refractivity contribution in [2.75, 3.05) is 13.2 Å². The van der Waals surface area contributed by atoms with E-state index in [2.05, 4.69) is 67.6 Å². The molecule has 1 aromatic rings. The third kappa shape index (κ3) is 13.7. The number of unbranched alkanes of at least 4 members (excludes halogenated alkanes) is 3. The van der Waals surface area contributed by atoms with Gasteiger partial charge in [-0.05, 0) is 56.1 Å². The quantitative estimate of drug-likeness (QED) is 0.196. The van der Waals surface area contributed by atoms with Crippen molar-refractivity contribution >= 4 is 5.97 Å². The molecule has 0 aliphatic carbocycles. The van der Waals surface area contributed by atoms with Crippen molar-refractivity contribution < 1.29 is 19.7 Å². The van der Waals surface area contributed by atoms with Crippen molar-refractivity contribution in [1.82, 2.24) is 0 Å². The lowest BCUT2D eigenvalue weighted by Gasteiger charge is -2.11. The molecule has 172 valence electrons. The average Bonchev–Trinajstić information content (AvgIpc) is 2.79. The highest BCUT2D eigenvalue weighted by Gasteiger charge is 2.11. The lowest BCUT2D eigenvalue weighted by Crippen LogP contribution is -2.25. The van der Waals surface area contributed by atoms with E-state index < -0.39 is 6.10 Å². The number of aliphatic hydroxyl groups is 2. The van der Waals surface area contributed by atoms with Gasteiger partial charge < -0.3 is 14.9 Å². The van der Waals surface area contributed by atoms with E-state index in [0.717, 1.165) is 25.7 Å². The topological polar surface area (TPSA) is 66.8 Å². The molecule has 0 atom stereocenters. The van der Waals surface area contributed by atoms with Gasteiger partial charge in [-0.3, -0.25) is 4.79 Å². The predicted molar refractivity (Wildman–Crippen MR) is 128 cm³/mol. The number of aliphatic hydroxyl groups excluding tert-OH is 2. The fourth-order valence-electron chi connectivity index (χ4n) is 3.18. The number of benzene rings is 1. The average molecular weight is 429 g/mol. The maximum Gasteiger partial charge on any atom is 0.306 e. The number of hydrogen-bond acceptors (Lipinski definition) is 4. The van der Waals surface area contributed by atoms with Gasteiger partial charge in [-0.25, -0.2) is 0 Å². The minimum atomic E-state index is -0.803. The molecule has 0 bridgehead atoms. The standard InChI is InChI=1S/C27H40O4/c1-2-3-12-17-24-19-15-16-20-25(24)18-13-10-8-6-4-5-7-9-11-14-21-27(30)31-26(22-28)23-29/h4,6-7,9-10,13,15-16,19-20,26,28-29H,2-3,5,8,11-12,14,17-18,21-23H2,1H3/b6-4-,9-7-,13-10-. The molecule has 0 saturated carbocycles. The molecule has 0 amide bonds. The number of ether oxygens (including phenoxy) is 1. The lowest BCUT2D eigenvalue weighted by molar-refractivity contribution is -0.153. The van der Waals surface area contributed by atoms with Gasteiger partial charge in [0.1, 0.15) is 6.10 Å². The highest BCUT2D eigenvalue weighted by molar-refractivity contribution is 5.69. The summed E-state index contributed by atoms with van der Waals surface area (Å²) in [5.41, 5.74) is 2.92. The molecule has 1 aromatic carbocycles. The second kappa shape index (κ2) is 18.6. The maximum atomic E-state index is 11.5. The number of carbonyl (C=O) groups is 1. The molecule has 2 N–H and O–H groups in total. The van der Waals surface area contributed by atoms with Crippen LogP contribution in [0.1, 0.15) is 69.4 Å². The number of allylic oxidation sites excluding steroid dienone is 6. The molecule has 31 heavy (non-hydrogen) atoms. The highest BCUT2D eigenvalue weighted by atomic mass is 16.6. The molecule has 0 aliphatic rings. The number of aryl methyl sites for hydroxylation is 1. The van der Waals surface area contributed by atoms with Crippen LogP contribution in [0.3, 0.4) is 0 Å². The number of rotatable bonds is 17. The van der Waals surface area contributed by atoms with Crippen LogP contribution in [-0.2, 0) is 22.4 Å². The van der Waals surface area contributed by atoms with Gasteiger partial charge in [0, 0.05) is 6.42 Å². The molecular weight excluding hydrogens is 388 g/mol. The summed E-state index contributed by atoms with van der Waals surface area (Å²) < 4.78 is 4.92. The molecule has 4 heteroatoms. The lowest BCUT2D eigenvalue weighted by atomic mass is 9.99. The normalized spacial score (nSPS) is 12.0. The van der Waals surface area contributed by atoms with Crippen LogP contribution in [0.15, 0.2) is 60.7 Å². The molecule has 0 unspecified atom stereocenters. The Morgan fingerprint density at radius 1 is 0.903 bits per heavy atom. The third-order valence-corrected chi connectivity index (χ3v) is 5.01. The Morgan fingerprint density at radius 3 is 2.23 bits per heavy atom. The van der Waals surface area contributed by atoms with Crippen molar-refractivity contribution in [1.29, 1.82) is 0 Å². The zero-order valence-electron chi connectivity index (χ0n) is 19.0. The first kappa shape index (κ1) is 26.9. The summed E-state index contributed by atoms with van der Waals surface area (Å²) in [5, 5.41) is 17.8. The van der Waals surface area contributed by atoms with E-state index in [4.69, 9.17) is 14.9 Å². The molecule has 0 aliphatic heterocycles. The van der Waals surface area contributed by atoms with Crippen LogP contribution < -0.4 is 0 Å². The molecule has 4 nitrogen and oxygen atoms in total. The van der Waals surface area contributed by atoms with E-state index in [-0.39, 0.29) is 19.2 Å². The first-order chi connectivity index (χ1) is 15.2. The van der Waals surface area contributed by atoms with Gasteiger partial charge in [-0.2, -0.15) is 0 Å². The Bertz CT molecular complexity index is 672. The van der Waals surface area contributed by atoms with Gasteiger partial charge in [0.2, 0.25) is 0 Å². The van der Waals surface area contributed by atoms with E-state index in [9.17, 15) is 4.79 Å². The van der Waals surface area contributed by atoms with E-state index in [1.165, 1.54) is 36.8 Å². The molecule has 0 radical (unpaired) electrons. The van der Waals surface area contributed by atoms with Crippen LogP contribution in [-0.4, -0.2) is 35.5 Å². The first-order valence-electron chi connectivity index (χ1n) is 11.6. The summed E-state index contributed by atoms with van der Waals surface area (Å²) in [6.07, 6.45) is 21.8. The zero-order chi connectivity index (χ0) is 22.6. The fraction of sp³-hybridized carbons (Fsp3) is 0.519. The van der Waals surface area contributed by atoms with Gasteiger partial charge in [0.25, 0.3) is 0 Å². The van der Waals surface area contributed by atoms with E-state index in [1.807, 2.05) is 0 Å². The number of hydrogen-bond donors (Lipinski definition) is 2. The third-order valence-electron chi connectivity index (χ3n) is 5.01. The Kier molecular flexibility index (Phi) is 16.1. The number of esters is 1. The van der Waals surface area contributed by atoms with Crippen molar-refractivity contribution in [2.24, 2.45) is 0 Å². The molecule has 0 fully saturated rings. The van der Waals surface area contributed by atoms with Crippen molar-refractivity contribution in [3.05, 3.63) is 71.8 Å². The summed E-state index contributed by atoms with van der Waals surface area (Å²) in [6.45, 7) is 1.54. The SMILES string of the molecule is CCCCCc1ccccc1C/C=C\C/C=C\C/C=C\CCCC(=O)OC(CO)CO. The number of carbonyl (C=O) groups excluding carboxylic acids is 1. The monoisotopic (exact) mass is 428 g/mol. The Balaban J connectivity index is 2.15. The van der Waals surface area contributed by atoms with Gasteiger partial charge in [0.15, 0.2) is 0 Å². The summed E-state index contributed by atoms with van der Waals surface area (Å²) >= 11 is 0. The molecule has 0 aromatic heterocycles. The summed E-state index contributed by atoms with van der Waals surface area (Å²) in [7, 11) is 0. The fourth-order valence-corrected chi connectivity index (χ4v) is 3.18. The van der Waals surface area contributed by atoms with Crippen molar-refractivity contribution in [3.8, 4) is 0 Å². The van der Waals surface area contributed by atoms with Crippen LogP contribution in [0.4, 0.5) is 0 Å². The smallest absolute Gasteiger partial charge is 0.306 e. The minimum Gasteiger partial charge on any atom is -0.457 e. The predicted octanol–water partition coefficient (Wildman–Crippen LogP) is 5.48. The van der Waals surface area contributed by atoms with Crippen LogP contribution in [0.25, 0.3) is 0 Å². The largest absolute Gasteiger partial charge is 0.457 e. The van der Waals surface area contributed by atoms with Crippen LogP contribution in [0.2, 0.25) is 0 Å². The Morgan fingerprint density at radius 2 is 1.55 bits per heavy atom. The van der Waals surface area contributed by atoms with Crippen LogP contribution in [0, 0.1) is 0 Å². The molecule has 0 saturated heterocycles. The summed E-state index contributed by atoms with van der Waals surface area (Å²) in [5.74, 6) is -0.378. The molecular formula is C27H40O4. The van der Waals surface area contributed by atoms with Crippen molar-refractivity contribution in [3.63, 3.8) is 0 Å². The Labute approximate surface area is 188 Å². The molecule has 0 heterocycles. The molecule has 1 rings (SSSR count). The highest BCUT2D eigenvalue weighted by Crippen LogP contribution is 2.14. The van der Waals surface area contributed by atoms with Crippen LogP contribution in [0.5, 0.6) is 0 Å². The van der Waals surface area contributed by atoms with Crippen molar-refractivity contribution in [2.45, 2.75) is 77.2 Å². The van der Waals surface area contributed by atoms with E-state index in [0.29, 0.717) is 12.8 Å². The van der Waals surface area contributed by atoms with Gasteiger partial charge in [0.05, 0.1) is 13.2 Å². The Hall–Kier alpha value is -2.17. The second-order valence-corrected chi connectivity index (χ2v) is 7.68. The van der Waals surface area contributed by atoms with Gasteiger partial charge in [-0.15, -0.1) is 0 Å². The van der Waals surface area contributed by atoms with E-state index >= 15 is 0 Å².